The van der Waals surface area contributed by atoms with Crippen molar-refractivity contribution in [2.24, 2.45) is 0 Å². The van der Waals surface area contributed by atoms with E-state index in [2.05, 4.69) is 20.6 Å². The number of pyridine rings is 2. The minimum atomic E-state index is -2.62. The molecule has 0 radical (unpaired) electrons. The highest BCUT2D eigenvalue weighted by Crippen LogP contribution is 2.39. The Morgan fingerprint density at radius 3 is 2.71 bits per heavy atom. The van der Waals surface area contributed by atoms with Crippen LogP contribution in [0.3, 0.4) is 0 Å². The highest BCUT2D eigenvalue weighted by Gasteiger charge is 2.37. The molecule has 3 aromatic heterocycles. The van der Waals surface area contributed by atoms with Gasteiger partial charge < -0.3 is 15.4 Å². The maximum atomic E-state index is 14.8. The van der Waals surface area contributed by atoms with E-state index in [1.54, 1.807) is 29.4 Å². The fourth-order valence-electron chi connectivity index (χ4n) is 4.35. The molecule has 7 nitrogen and oxygen atoms in total. The molecule has 38 heavy (non-hydrogen) atoms. The van der Waals surface area contributed by atoms with Crippen LogP contribution in [-0.4, -0.2) is 46.0 Å². The largest absolute Gasteiger partial charge is 0.453 e. The Morgan fingerprint density at radius 2 is 2.00 bits per heavy atom. The van der Waals surface area contributed by atoms with E-state index in [9.17, 15) is 18.0 Å². The van der Waals surface area contributed by atoms with Crippen molar-refractivity contribution in [1.82, 2.24) is 20.2 Å². The third kappa shape index (κ3) is 5.58. The van der Waals surface area contributed by atoms with Gasteiger partial charge in [-0.25, -0.2) is 18.0 Å². The van der Waals surface area contributed by atoms with Crippen molar-refractivity contribution >= 4 is 33.3 Å². The molecule has 196 valence electrons. The summed E-state index contributed by atoms with van der Waals surface area (Å²) in [7, 11) is 0. The van der Waals surface area contributed by atoms with E-state index >= 15 is 0 Å². The number of fused-ring (bicyclic) bond motifs is 1. The molecule has 1 saturated carbocycles. The summed E-state index contributed by atoms with van der Waals surface area (Å²) in [5, 5.41) is 5.42. The van der Waals surface area contributed by atoms with Crippen LogP contribution in [-0.2, 0) is 6.54 Å². The van der Waals surface area contributed by atoms with E-state index in [1.165, 1.54) is 23.5 Å². The number of likely N-dealkylation sites (tertiary alicyclic amines) is 1. The van der Waals surface area contributed by atoms with Gasteiger partial charge in [-0.15, -0.1) is 11.3 Å². The predicted molar refractivity (Wildman–Crippen MR) is 139 cm³/mol. The molecule has 1 saturated heterocycles. The highest BCUT2D eigenvalue weighted by molar-refractivity contribution is 7.22. The average molecular weight is 540 g/mol. The number of urea groups is 1. The summed E-state index contributed by atoms with van der Waals surface area (Å²) in [6, 6.07) is 11.4. The zero-order valence-corrected chi connectivity index (χ0v) is 21.0. The van der Waals surface area contributed by atoms with Crippen molar-refractivity contribution in [2.45, 2.75) is 37.8 Å². The molecule has 11 heteroatoms. The van der Waals surface area contributed by atoms with Crippen LogP contribution in [0.5, 0.6) is 11.5 Å². The lowest BCUT2D eigenvalue weighted by Gasteiger charge is -2.15. The first-order valence-electron chi connectivity index (χ1n) is 12.3. The Morgan fingerprint density at radius 1 is 1.13 bits per heavy atom. The Balaban J connectivity index is 1.16. The number of hydrogen-bond acceptors (Lipinski definition) is 6. The molecule has 0 unspecified atom stereocenters. The molecule has 1 aliphatic carbocycles. The lowest BCUT2D eigenvalue weighted by atomic mass is 10.2. The van der Waals surface area contributed by atoms with Crippen molar-refractivity contribution in [3.05, 3.63) is 66.2 Å². The summed E-state index contributed by atoms with van der Waals surface area (Å²) in [5.41, 5.74) is 2.61. The molecule has 6 rings (SSSR count). The molecule has 4 aromatic rings. The fraction of sp³-hybridized carbons (Fsp3) is 0.296. The molecule has 1 aliphatic heterocycles. The van der Waals surface area contributed by atoms with Crippen molar-refractivity contribution in [2.75, 3.05) is 18.4 Å². The third-order valence-electron chi connectivity index (χ3n) is 6.43. The molecule has 2 amide bonds. The van der Waals surface area contributed by atoms with Crippen LogP contribution in [0.25, 0.3) is 20.8 Å². The number of alkyl halides is 2. The number of benzene rings is 1. The zero-order chi connectivity index (χ0) is 26.3. The van der Waals surface area contributed by atoms with Gasteiger partial charge >= 0.3 is 6.03 Å². The monoisotopic (exact) mass is 539 g/mol. The second-order valence-corrected chi connectivity index (χ2v) is 10.7. The normalized spacial score (nSPS) is 17.0. The van der Waals surface area contributed by atoms with Gasteiger partial charge in [0, 0.05) is 55.8 Å². The van der Waals surface area contributed by atoms with Crippen LogP contribution >= 0.6 is 11.3 Å². The number of halogens is 3. The zero-order valence-electron chi connectivity index (χ0n) is 20.2. The Bertz CT molecular complexity index is 1490. The van der Waals surface area contributed by atoms with Gasteiger partial charge in [0.05, 0.1) is 27.3 Å². The summed E-state index contributed by atoms with van der Waals surface area (Å²) in [5.74, 6) is -2.76. The number of anilines is 1. The first kappa shape index (κ1) is 24.6. The number of thiophene rings is 1. The number of ether oxygens (including phenoxy) is 1. The summed E-state index contributed by atoms with van der Waals surface area (Å²) >= 11 is 1.42. The first-order valence-corrected chi connectivity index (χ1v) is 13.1. The number of aromatic nitrogens is 2. The number of nitrogens with one attached hydrogen (secondary N) is 2. The van der Waals surface area contributed by atoms with Crippen LogP contribution in [0, 0.1) is 5.82 Å². The highest BCUT2D eigenvalue weighted by atomic mass is 32.1. The van der Waals surface area contributed by atoms with Gasteiger partial charge in [0.15, 0.2) is 11.6 Å². The Labute approximate surface area is 220 Å². The van der Waals surface area contributed by atoms with E-state index in [0.29, 0.717) is 30.0 Å². The van der Waals surface area contributed by atoms with Gasteiger partial charge in [0.1, 0.15) is 5.75 Å². The minimum Gasteiger partial charge on any atom is -0.453 e. The maximum Gasteiger partial charge on any atom is 0.319 e. The summed E-state index contributed by atoms with van der Waals surface area (Å²) in [6.07, 6.45) is 5.11. The maximum absolute atomic E-state index is 14.8. The number of nitrogens with zero attached hydrogens (tertiary/aromatic N) is 3. The lowest BCUT2D eigenvalue weighted by molar-refractivity contribution is 0.0115. The van der Waals surface area contributed by atoms with Gasteiger partial charge in [-0.2, -0.15) is 0 Å². The summed E-state index contributed by atoms with van der Waals surface area (Å²) in [6.45, 7) is 0.574. The molecule has 2 N–H and O–H groups in total. The minimum absolute atomic E-state index is 0.0237. The van der Waals surface area contributed by atoms with Gasteiger partial charge in [-0.1, -0.05) is 6.07 Å². The van der Waals surface area contributed by atoms with Crippen molar-refractivity contribution in [3.63, 3.8) is 0 Å². The fourth-order valence-corrected chi connectivity index (χ4v) is 5.39. The van der Waals surface area contributed by atoms with Gasteiger partial charge in [0.25, 0.3) is 5.92 Å². The summed E-state index contributed by atoms with van der Waals surface area (Å²) in [4.78, 5) is 23.4. The Kier molecular flexibility index (Phi) is 6.40. The number of carbonyl (C=O) groups excluding carboxylic acids is 1. The summed E-state index contributed by atoms with van der Waals surface area (Å²) < 4.78 is 48.4. The molecule has 0 bridgehead atoms. The topological polar surface area (TPSA) is 79.4 Å². The van der Waals surface area contributed by atoms with Crippen LogP contribution < -0.4 is 15.4 Å². The van der Waals surface area contributed by atoms with Gasteiger partial charge in [-0.05, 0) is 42.7 Å². The number of carbonyl (C=O) groups is 1. The van der Waals surface area contributed by atoms with Crippen LogP contribution in [0.15, 0.2) is 54.9 Å². The van der Waals surface area contributed by atoms with Crippen LogP contribution in [0.1, 0.15) is 24.8 Å². The van der Waals surface area contributed by atoms with Crippen LogP contribution in [0.2, 0.25) is 0 Å². The lowest BCUT2D eigenvalue weighted by Crippen LogP contribution is -2.30. The van der Waals surface area contributed by atoms with E-state index in [0.717, 1.165) is 33.7 Å². The third-order valence-corrected chi connectivity index (χ3v) is 7.59. The molecule has 2 fully saturated rings. The standard InChI is InChI=1S/C27H24F3N5O2S/c28-19-11-18(34-26(36)33-17-2-3-17)4-6-22(19)37-23-7-9-31-21-12-24(38-25(21)23)20-5-1-16(13-32-20)14-35-10-8-27(29,30)15-35/h1,4-7,9,11-13,17H,2-3,8,10,14-15H2,(H2,33,34,36). The molecule has 0 spiro atoms. The van der Waals surface area contributed by atoms with Crippen molar-refractivity contribution in [1.29, 1.82) is 0 Å². The van der Waals surface area contributed by atoms with Crippen molar-refractivity contribution in [3.8, 4) is 22.1 Å². The number of amides is 2. The van der Waals surface area contributed by atoms with E-state index in [1.807, 2.05) is 18.2 Å². The van der Waals surface area contributed by atoms with E-state index in [-0.39, 0.29) is 30.8 Å². The second-order valence-electron chi connectivity index (χ2n) is 9.62. The molecular weight excluding hydrogens is 515 g/mol. The Hall–Kier alpha value is -3.70. The number of hydrogen-bond donors (Lipinski definition) is 2. The second kappa shape index (κ2) is 9.88. The number of rotatable bonds is 7. The first-order chi connectivity index (χ1) is 18.3. The molecule has 4 heterocycles. The van der Waals surface area contributed by atoms with E-state index in [4.69, 9.17) is 4.74 Å². The van der Waals surface area contributed by atoms with Gasteiger partial charge in [0.2, 0.25) is 0 Å². The smallest absolute Gasteiger partial charge is 0.319 e. The van der Waals surface area contributed by atoms with E-state index < -0.39 is 11.7 Å². The van der Waals surface area contributed by atoms with Crippen LogP contribution in [0.4, 0.5) is 23.7 Å². The SMILES string of the molecule is O=C(Nc1ccc(Oc2ccnc3cc(-c4ccc(CN5CCC(F)(F)C5)cn4)sc23)c(F)c1)NC1CC1. The molecule has 2 aliphatic rings. The van der Waals surface area contributed by atoms with Gasteiger partial charge in [-0.3, -0.25) is 14.9 Å². The quantitative estimate of drug-likeness (QED) is 0.284. The molecule has 1 aromatic carbocycles. The molecule has 0 atom stereocenters. The average Bonchev–Trinajstić information content (AvgIpc) is 3.46. The van der Waals surface area contributed by atoms with Crippen molar-refractivity contribution < 1.29 is 22.7 Å². The predicted octanol–water partition coefficient (Wildman–Crippen LogP) is 6.41. The molecular formula is C27H24F3N5O2S.